The number of rotatable bonds is 6. The van der Waals surface area contributed by atoms with E-state index in [2.05, 4.69) is 0 Å². The van der Waals surface area contributed by atoms with Crippen LogP contribution in [0.2, 0.25) is 0 Å². The van der Waals surface area contributed by atoms with E-state index in [-0.39, 0.29) is 18.0 Å². The molecule has 1 heterocycles. The maximum atomic E-state index is 13.3. The Bertz CT molecular complexity index is 773. The lowest BCUT2D eigenvalue weighted by atomic mass is 9.98. The molecule has 0 unspecified atom stereocenters. The van der Waals surface area contributed by atoms with E-state index < -0.39 is 5.91 Å². The molecule has 1 aromatic heterocycles. The fraction of sp³-hybridized carbons (Fsp3) is 0.368. The van der Waals surface area contributed by atoms with Crippen molar-refractivity contribution in [2.75, 3.05) is 7.11 Å². The summed E-state index contributed by atoms with van der Waals surface area (Å²) in [4.78, 5) is 27.0. The number of primary amides is 1. The highest BCUT2D eigenvalue weighted by atomic mass is 32.1. The molecule has 0 fully saturated rings. The topological polar surface area (TPSA) is 72.6 Å². The summed E-state index contributed by atoms with van der Waals surface area (Å²) in [6, 6.07) is 7.29. The highest BCUT2D eigenvalue weighted by Crippen LogP contribution is 2.35. The fourth-order valence-electron chi connectivity index (χ4n) is 2.96. The van der Waals surface area contributed by atoms with Crippen LogP contribution >= 0.6 is 11.3 Å². The van der Waals surface area contributed by atoms with Gasteiger partial charge in [0.05, 0.1) is 17.6 Å². The molecule has 0 aliphatic carbocycles. The molecule has 1 aromatic carbocycles. The van der Waals surface area contributed by atoms with Crippen molar-refractivity contribution < 1.29 is 14.3 Å². The van der Waals surface area contributed by atoms with Crippen molar-refractivity contribution in [3.8, 4) is 16.9 Å². The van der Waals surface area contributed by atoms with Crippen LogP contribution in [0.5, 0.6) is 5.75 Å². The lowest BCUT2D eigenvalue weighted by Crippen LogP contribution is -2.42. The summed E-state index contributed by atoms with van der Waals surface area (Å²) in [7, 11) is 1.55. The first-order chi connectivity index (χ1) is 11.8. The number of benzene rings is 1. The number of carbonyl (C=O) groups is 2. The van der Waals surface area contributed by atoms with Crippen molar-refractivity contribution in [1.29, 1.82) is 0 Å². The molecule has 134 valence electrons. The first kappa shape index (κ1) is 19.0. The van der Waals surface area contributed by atoms with E-state index in [1.807, 2.05) is 50.1 Å². The molecule has 0 aliphatic rings. The fourth-order valence-corrected chi connectivity index (χ4v) is 3.72. The molecule has 2 aromatic rings. The van der Waals surface area contributed by atoms with Gasteiger partial charge in [0.1, 0.15) is 5.75 Å². The van der Waals surface area contributed by atoms with Crippen LogP contribution in [-0.4, -0.2) is 35.9 Å². The number of nitrogens with zero attached hydrogens (tertiary/aromatic N) is 1. The Morgan fingerprint density at radius 1 is 1.16 bits per heavy atom. The second kappa shape index (κ2) is 7.70. The molecule has 0 radical (unpaired) electrons. The van der Waals surface area contributed by atoms with Gasteiger partial charge >= 0.3 is 0 Å². The van der Waals surface area contributed by atoms with Gasteiger partial charge < -0.3 is 15.4 Å². The molecule has 0 atom stereocenters. The van der Waals surface area contributed by atoms with Crippen LogP contribution in [0.3, 0.4) is 0 Å². The van der Waals surface area contributed by atoms with Gasteiger partial charge in [0.15, 0.2) is 0 Å². The van der Waals surface area contributed by atoms with E-state index >= 15 is 0 Å². The van der Waals surface area contributed by atoms with Crippen molar-refractivity contribution >= 4 is 23.2 Å². The number of hydrogen-bond donors (Lipinski definition) is 1. The van der Waals surface area contributed by atoms with Crippen LogP contribution in [0.1, 0.15) is 47.7 Å². The van der Waals surface area contributed by atoms with Crippen molar-refractivity contribution in [1.82, 2.24) is 4.90 Å². The molecular formula is C19H24N2O3S. The van der Waals surface area contributed by atoms with Gasteiger partial charge in [-0.2, -0.15) is 0 Å². The molecule has 0 bridgehead atoms. The predicted octanol–water partition coefficient (Wildman–Crippen LogP) is 3.78. The van der Waals surface area contributed by atoms with Gasteiger partial charge in [-0.1, -0.05) is 12.1 Å². The van der Waals surface area contributed by atoms with Crippen molar-refractivity contribution in [2.24, 2.45) is 5.73 Å². The largest absolute Gasteiger partial charge is 0.496 e. The molecular weight excluding hydrogens is 336 g/mol. The smallest absolute Gasteiger partial charge is 0.258 e. The standard InChI is InChI=1S/C19H24N2O3S/c1-11(2)21(12(3)4)19(23)17-14(7-6-8-15(17)24-5)13-9-16(18(20)22)25-10-13/h6-12H,1-5H3,(H2,20,22). The zero-order valence-corrected chi connectivity index (χ0v) is 16.0. The zero-order chi connectivity index (χ0) is 18.7. The van der Waals surface area contributed by atoms with Gasteiger partial charge in [0.2, 0.25) is 0 Å². The summed E-state index contributed by atoms with van der Waals surface area (Å²) in [6.07, 6.45) is 0. The van der Waals surface area contributed by atoms with Crippen LogP contribution in [0.25, 0.3) is 11.1 Å². The highest BCUT2D eigenvalue weighted by molar-refractivity contribution is 7.12. The summed E-state index contributed by atoms with van der Waals surface area (Å²) in [6.45, 7) is 7.96. The van der Waals surface area contributed by atoms with Crippen molar-refractivity contribution in [3.63, 3.8) is 0 Å². The highest BCUT2D eigenvalue weighted by Gasteiger charge is 2.27. The van der Waals surface area contributed by atoms with Crippen molar-refractivity contribution in [2.45, 2.75) is 39.8 Å². The number of methoxy groups -OCH3 is 1. The van der Waals surface area contributed by atoms with Gasteiger partial charge in [-0.05, 0) is 56.3 Å². The van der Waals surface area contributed by atoms with Crippen LogP contribution in [0, 0.1) is 0 Å². The average Bonchev–Trinajstić information content (AvgIpc) is 3.03. The first-order valence-electron chi connectivity index (χ1n) is 8.16. The Morgan fingerprint density at radius 2 is 1.80 bits per heavy atom. The molecule has 0 aliphatic heterocycles. The molecule has 25 heavy (non-hydrogen) atoms. The monoisotopic (exact) mass is 360 g/mol. The predicted molar refractivity (Wildman–Crippen MR) is 101 cm³/mol. The molecule has 0 spiro atoms. The lowest BCUT2D eigenvalue weighted by molar-refractivity contribution is 0.0641. The summed E-state index contributed by atoms with van der Waals surface area (Å²) in [5.74, 6) is -0.0529. The van der Waals surface area contributed by atoms with E-state index in [0.29, 0.717) is 16.2 Å². The van der Waals surface area contributed by atoms with E-state index in [1.54, 1.807) is 19.2 Å². The van der Waals surface area contributed by atoms with Crippen LogP contribution in [0.4, 0.5) is 0 Å². The van der Waals surface area contributed by atoms with E-state index in [9.17, 15) is 9.59 Å². The normalized spacial score (nSPS) is 11.0. The van der Waals surface area contributed by atoms with Gasteiger partial charge in [-0.3, -0.25) is 9.59 Å². The second-order valence-electron chi connectivity index (χ2n) is 6.35. The molecule has 5 nitrogen and oxygen atoms in total. The minimum Gasteiger partial charge on any atom is -0.496 e. The average molecular weight is 360 g/mol. The molecule has 6 heteroatoms. The number of nitrogens with two attached hydrogens (primary N) is 1. The van der Waals surface area contributed by atoms with Crippen LogP contribution < -0.4 is 10.5 Å². The van der Waals surface area contributed by atoms with Gasteiger partial charge in [0.25, 0.3) is 11.8 Å². The second-order valence-corrected chi connectivity index (χ2v) is 7.26. The van der Waals surface area contributed by atoms with E-state index in [0.717, 1.165) is 11.1 Å². The third-order valence-corrected chi connectivity index (χ3v) is 4.91. The molecule has 2 amide bonds. The Labute approximate surface area is 152 Å². The minimum atomic E-state index is -0.474. The number of carbonyl (C=O) groups excluding carboxylic acids is 2. The quantitative estimate of drug-likeness (QED) is 0.852. The Kier molecular flexibility index (Phi) is 5.85. The Hall–Kier alpha value is -2.34. The Morgan fingerprint density at radius 3 is 2.28 bits per heavy atom. The van der Waals surface area contributed by atoms with Gasteiger partial charge in [-0.25, -0.2) is 0 Å². The van der Waals surface area contributed by atoms with Gasteiger partial charge in [0, 0.05) is 12.1 Å². The maximum absolute atomic E-state index is 13.3. The number of ether oxygens (including phenoxy) is 1. The molecule has 0 saturated carbocycles. The minimum absolute atomic E-state index is 0.0499. The molecule has 0 saturated heterocycles. The number of amides is 2. The van der Waals surface area contributed by atoms with Gasteiger partial charge in [-0.15, -0.1) is 11.3 Å². The molecule has 2 rings (SSSR count). The Balaban J connectivity index is 2.62. The summed E-state index contributed by atoms with van der Waals surface area (Å²) < 4.78 is 5.46. The number of thiophene rings is 1. The van der Waals surface area contributed by atoms with Crippen molar-refractivity contribution in [3.05, 3.63) is 40.1 Å². The summed E-state index contributed by atoms with van der Waals surface area (Å²) >= 11 is 1.27. The summed E-state index contributed by atoms with van der Waals surface area (Å²) in [5, 5.41) is 1.83. The zero-order valence-electron chi connectivity index (χ0n) is 15.2. The lowest BCUT2D eigenvalue weighted by Gasteiger charge is -2.32. The van der Waals surface area contributed by atoms with E-state index in [1.165, 1.54) is 11.3 Å². The third kappa shape index (κ3) is 3.85. The number of hydrogen-bond acceptors (Lipinski definition) is 4. The third-order valence-electron chi connectivity index (χ3n) is 3.96. The SMILES string of the molecule is COc1cccc(-c2csc(C(N)=O)c2)c1C(=O)N(C(C)C)C(C)C. The summed E-state index contributed by atoms with van der Waals surface area (Å²) in [5.41, 5.74) is 7.38. The molecule has 2 N–H and O–H groups in total. The van der Waals surface area contributed by atoms with E-state index in [4.69, 9.17) is 10.5 Å². The van der Waals surface area contributed by atoms with Crippen LogP contribution in [0.15, 0.2) is 29.6 Å². The van der Waals surface area contributed by atoms with Crippen LogP contribution in [-0.2, 0) is 0 Å². The maximum Gasteiger partial charge on any atom is 0.258 e. The first-order valence-corrected chi connectivity index (χ1v) is 9.04.